The van der Waals surface area contributed by atoms with E-state index in [1.807, 2.05) is 43.9 Å². The molecular weight excluding hydrogens is 300 g/mol. The molecule has 0 saturated carbocycles. The number of carbonyl (C=O) groups is 1. The molecule has 2 aromatic rings. The van der Waals surface area contributed by atoms with E-state index in [9.17, 15) is 4.79 Å². The van der Waals surface area contributed by atoms with Gasteiger partial charge < -0.3 is 5.32 Å². The first-order chi connectivity index (χ1) is 11.5. The van der Waals surface area contributed by atoms with E-state index in [-0.39, 0.29) is 11.9 Å². The number of aryl methyl sites for hydroxylation is 3. The van der Waals surface area contributed by atoms with Crippen molar-refractivity contribution in [3.8, 4) is 6.07 Å². The molecule has 1 aromatic carbocycles. The minimum absolute atomic E-state index is 0.0209. The lowest BCUT2D eigenvalue weighted by Gasteiger charge is -2.24. The maximum absolute atomic E-state index is 12.6. The van der Waals surface area contributed by atoms with Crippen molar-refractivity contribution in [1.82, 2.24) is 15.1 Å². The number of aromatic nitrogens is 2. The van der Waals surface area contributed by atoms with Crippen molar-refractivity contribution in [2.75, 3.05) is 0 Å². The third kappa shape index (κ3) is 3.05. The zero-order chi connectivity index (χ0) is 17.3. The number of nitriles is 1. The third-order valence-electron chi connectivity index (χ3n) is 4.87. The van der Waals surface area contributed by atoms with E-state index in [0.29, 0.717) is 12.0 Å². The summed E-state index contributed by atoms with van der Waals surface area (Å²) in [6.07, 6.45) is 5.25. The van der Waals surface area contributed by atoms with Gasteiger partial charge in [-0.2, -0.15) is 10.4 Å². The SMILES string of the molecule is Cc1cc(C#N)cc(C)c1CC(=O)NC1CCCc2c1cnn2C. The van der Waals surface area contributed by atoms with Gasteiger partial charge in [-0.3, -0.25) is 9.48 Å². The summed E-state index contributed by atoms with van der Waals surface area (Å²) in [4.78, 5) is 12.6. The molecular formula is C19H22N4O. The summed E-state index contributed by atoms with van der Waals surface area (Å²) in [5, 5.41) is 16.5. The number of amides is 1. The summed E-state index contributed by atoms with van der Waals surface area (Å²) in [5.41, 5.74) is 6.00. The Morgan fingerprint density at radius 3 is 2.79 bits per heavy atom. The van der Waals surface area contributed by atoms with E-state index in [1.54, 1.807) is 0 Å². The monoisotopic (exact) mass is 322 g/mol. The van der Waals surface area contributed by atoms with Crippen molar-refractivity contribution < 1.29 is 4.79 Å². The van der Waals surface area contributed by atoms with E-state index < -0.39 is 0 Å². The van der Waals surface area contributed by atoms with E-state index in [2.05, 4.69) is 16.5 Å². The largest absolute Gasteiger partial charge is 0.349 e. The molecule has 1 atom stereocenters. The molecule has 1 aliphatic carbocycles. The van der Waals surface area contributed by atoms with Crippen molar-refractivity contribution >= 4 is 5.91 Å². The van der Waals surface area contributed by atoms with Crippen LogP contribution < -0.4 is 5.32 Å². The summed E-state index contributed by atoms with van der Waals surface area (Å²) >= 11 is 0. The highest BCUT2D eigenvalue weighted by Crippen LogP contribution is 2.29. The van der Waals surface area contributed by atoms with Crippen molar-refractivity contribution in [1.29, 1.82) is 5.26 Å². The Kier molecular flexibility index (Phi) is 4.39. The van der Waals surface area contributed by atoms with Crippen LogP contribution in [-0.4, -0.2) is 15.7 Å². The van der Waals surface area contributed by atoms with Crippen LogP contribution in [0.5, 0.6) is 0 Å². The van der Waals surface area contributed by atoms with Gasteiger partial charge in [0.25, 0.3) is 0 Å². The molecule has 1 amide bonds. The number of rotatable bonds is 3. The van der Waals surface area contributed by atoms with Gasteiger partial charge in [0.15, 0.2) is 0 Å². The van der Waals surface area contributed by atoms with Gasteiger partial charge in [-0.1, -0.05) is 0 Å². The maximum Gasteiger partial charge on any atom is 0.224 e. The number of fused-ring (bicyclic) bond motifs is 1. The lowest BCUT2D eigenvalue weighted by molar-refractivity contribution is -0.121. The van der Waals surface area contributed by atoms with Crippen LogP contribution in [0, 0.1) is 25.2 Å². The fourth-order valence-electron chi connectivity index (χ4n) is 3.60. The average molecular weight is 322 g/mol. The van der Waals surface area contributed by atoms with Crippen LogP contribution in [0.4, 0.5) is 0 Å². The van der Waals surface area contributed by atoms with Gasteiger partial charge in [-0.15, -0.1) is 0 Å². The Bertz CT molecular complexity index is 805. The number of nitrogens with zero attached hydrogens (tertiary/aromatic N) is 3. The highest BCUT2D eigenvalue weighted by molar-refractivity contribution is 5.80. The van der Waals surface area contributed by atoms with E-state index in [0.717, 1.165) is 41.5 Å². The molecule has 24 heavy (non-hydrogen) atoms. The number of nitrogens with one attached hydrogen (secondary N) is 1. The average Bonchev–Trinajstić information content (AvgIpc) is 2.93. The van der Waals surface area contributed by atoms with Crippen LogP contribution in [0.2, 0.25) is 0 Å². The fourth-order valence-corrected chi connectivity index (χ4v) is 3.60. The lowest BCUT2D eigenvalue weighted by atomic mass is 9.92. The zero-order valence-corrected chi connectivity index (χ0v) is 14.4. The van der Waals surface area contributed by atoms with Crippen molar-refractivity contribution in [2.45, 2.75) is 45.6 Å². The summed E-state index contributed by atoms with van der Waals surface area (Å²) in [5.74, 6) is 0.0209. The van der Waals surface area contributed by atoms with Crippen LogP contribution in [0.3, 0.4) is 0 Å². The van der Waals surface area contributed by atoms with Gasteiger partial charge in [-0.25, -0.2) is 0 Å². The van der Waals surface area contributed by atoms with Gasteiger partial charge in [0, 0.05) is 18.3 Å². The molecule has 0 radical (unpaired) electrons. The minimum atomic E-state index is 0.0209. The molecule has 1 aliphatic rings. The van der Waals surface area contributed by atoms with Gasteiger partial charge in [-0.05, 0) is 61.9 Å². The molecule has 124 valence electrons. The third-order valence-corrected chi connectivity index (χ3v) is 4.87. The Hall–Kier alpha value is -2.61. The van der Waals surface area contributed by atoms with Crippen LogP contribution >= 0.6 is 0 Å². The Morgan fingerprint density at radius 2 is 2.12 bits per heavy atom. The number of benzene rings is 1. The van der Waals surface area contributed by atoms with Crippen LogP contribution in [0.15, 0.2) is 18.3 Å². The summed E-state index contributed by atoms with van der Waals surface area (Å²) in [6, 6.07) is 5.89. The van der Waals surface area contributed by atoms with Crippen LogP contribution in [0.25, 0.3) is 0 Å². The van der Waals surface area contributed by atoms with Gasteiger partial charge >= 0.3 is 0 Å². The summed E-state index contributed by atoms with van der Waals surface area (Å²) < 4.78 is 1.91. The predicted octanol–water partition coefficient (Wildman–Crippen LogP) is 2.64. The molecule has 1 unspecified atom stereocenters. The molecule has 1 aromatic heterocycles. The summed E-state index contributed by atoms with van der Waals surface area (Å²) in [7, 11) is 1.95. The number of hydrogen-bond acceptors (Lipinski definition) is 3. The molecule has 0 bridgehead atoms. The highest BCUT2D eigenvalue weighted by atomic mass is 16.1. The first-order valence-corrected chi connectivity index (χ1v) is 8.30. The lowest BCUT2D eigenvalue weighted by Crippen LogP contribution is -2.32. The fraction of sp³-hybridized carbons (Fsp3) is 0.421. The number of hydrogen-bond donors (Lipinski definition) is 1. The Balaban J connectivity index is 1.75. The Morgan fingerprint density at radius 1 is 1.42 bits per heavy atom. The van der Waals surface area contributed by atoms with E-state index in [4.69, 9.17) is 5.26 Å². The molecule has 0 fully saturated rings. The molecule has 0 spiro atoms. The first-order valence-electron chi connectivity index (χ1n) is 8.30. The molecule has 0 aliphatic heterocycles. The van der Waals surface area contributed by atoms with Crippen LogP contribution in [0.1, 0.15) is 52.4 Å². The molecule has 1 heterocycles. The van der Waals surface area contributed by atoms with Crippen molar-refractivity contribution in [3.63, 3.8) is 0 Å². The van der Waals surface area contributed by atoms with Gasteiger partial charge in [0.05, 0.1) is 30.3 Å². The maximum atomic E-state index is 12.6. The van der Waals surface area contributed by atoms with Gasteiger partial charge in [0.2, 0.25) is 5.91 Å². The zero-order valence-electron chi connectivity index (χ0n) is 14.4. The smallest absolute Gasteiger partial charge is 0.224 e. The van der Waals surface area contributed by atoms with Gasteiger partial charge in [0.1, 0.15) is 0 Å². The molecule has 5 heteroatoms. The molecule has 0 saturated heterocycles. The normalized spacial score (nSPS) is 16.3. The number of carbonyl (C=O) groups excluding carboxylic acids is 1. The van der Waals surface area contributed by atoms with Crippen molar-refractivity contribution in [3.05, 3.63) is 51.8 Å². The summed E-state index contributed by atoms with van der Waals surface area (Å²) in [6.45, 7) is 3.91. The molecule has 1 N–H and O–H groups in total. The second-order valence-corrected chi connectivity index (χ2v) is 6.56. The minimum Gasteiger partial charge on any atom is -0.349 e. The topological polar surface area (TPSA) is 70.7 Å². The quantitative estimate of drug-likeness (QED) is 0.944. The second-order valence-electron chi connectivity index (χ2n) is 6.56. The molecule has 3 rings (SSSR count). The van der Waals surface area contributed by atoms with Crippen molar-refractivity contribution in [2.24, 2.45) is 7.05 Å². The Labute approximate surface area is 142 Å². The highest BCUT2D eigenvalue weighted by Gasteiger charge is 2.25. The molecule has 5 nitrogen and oxygen atoms in total. The van der Waals surface area contributed by atoms with E-state index in [1.165, 1.54) is 5.69 Å². The second kappa shape index (κ2) is 6.48. The standard InChI is InChI=1S/C19H22N4O/c1-12-7-14(10-20)8-13(2)15(12)9-19(24)22-17-5-4-6-18-16(17)11-21-23(18)3/h7-8,11,17H,4-6,9H2,1-3H3,(H,22,24). The first kappa shape index (κ1) is 16.3. The van der Waals surface area contributed by atoms with Crippen LogP contribution in [-0.2, 0) is 24.7 Å². The predicted molar refractivity (Wildman–Crippen MR) is 91.4 cm³/mol. The van der Waals surface area contributed by atoms with E-state index >= 15 is 0 Å².